The van der Waals surface area contributed by atoms with Crippen LogP contribution in [0.2, 0.25) is 0 Å². The van der Waals surface area contributed by atoms with Crippen LogP contribution in [0, 0.1) is 0 Å². The van der Waals surface area contributed by atoms with E-state index in [1.807, 2.05) is 0 Å². The number of ether oxygens (including phenoxy) is 1. The van der Waals surface area contributed by atoms with E-state index in [1.54, 1.807) is 0 Å². The molecule has 4 nitrogen and oxygen atoms in total. The molecule has 1 aliphatic rings. The lowest BCUT2D eigenvalue weighted by molar-refractivity contribution is -0.241. The summed E-state index contributed by atoms with van der Waals surface area (Å²) in [5.41, 5.74) is -0.900. The van der Waals surface area contributed by atoms with Gasteiger partial charge in [0.1, 0.15) is 6.26 Å². The summed E-state index contributed by atoms with van der Waals surface area (Å²) >= 11 is 0. The van der Waals surface area contributed by atoms with Gasteiger partial charge in [-0.05, 0) is 0 Å². The van der Waals surface area contributed by atoms with E-state index in [0.717, 1.165) is 0 Å². The summed E-state index contributed by atoms with van der Waals surface area (Å²) in [5, 5.41) is 8.26. The number of hydrogen-bond acceptors (Lipinski definition) is 3. The third-order valence-corrected chi connectivity index (χ3v) is 1.21. The minimum absolute atomic E-state index is 0.296. The molecule has 0 aromatic rings. The lowest BCUT2D eigenvalue weighted by Gasteiger charge is -2.19. The van der Waals surface area contributed by atoms with E-state index in [-0.39, 0.29) is 4.90 Å². The Morgan fingerprint density at radius 3 is 2.58 bits per heavy atom. The quantitative estimate of drug-likeness (QED) is 0.608. The van der Waals surface area contributed by atoms with E-state index < -0.39 is 24.7 Å². The van der Waals surface area contributed by atoms with Gasteiger partial charge in [0.05, 0.1) is 0 Å². The summed E-state index contributed by atoms with van der Waals surface area (Å²) in [7, 11) is 0. The highest BCUT2D eigenvalue weighted by molar-refractivity contribution is 5.85. The first-order valence-corrected chi connectivity index (χ1v) is 2.82. The molecular formula is C5H4F3NO3. The van der Waals surface area contributed by atoms with Crippen molar-refractivity contribution in [3.8, 4) is 0 Å². The minimum atomic E-state index is -4.71. The van der Waals surface area contributed by atoms with Crippen molar-refractivity contribution in [3.05, 3.63) is 12.0 Å². The summed E-state index contributed by atoms with van der Waals surface area (Å²) in [4.78, 5) is 9.87. The number of aliphatic carboxylic acids is 1. The summed E-state index contributed by atoms with van der Waals surface area (Å²) < 4.78 is 40.0. The number of alkyl halides is 3. The minimum Gasteiger partial charge on any atom is -0.478 e. The molecule has 0 bridgehead atoms. The predicted molar refractivity (Wildman–Crippen MR) is 29.6 cm³/mol. The van der Waals surface area contributed by atoms with Crippen molar-refractivity contribution in [1.82, 2.24) is 4.90 Å². The van der Waals surface area contributed by atoms with Gasteiger partial charge in [-0.3, -0.25) is 0 Å². The molecule has 1 aliphatic heterocycles. The van der Waals surface area contributed by atoms with Gasteiger partial charge in [0.25, 0.3) is 0 Å². The molecule has 1 rings (SSSR count). The van der Waals surface area contributed by atoms with Gasteiger partial charge in [0, 0.05) is 0 Å². The van der Waals surface area contributed by atoms with Gasteiger partial charge in [0.2, 0.25) is 0 Å². The van der Waals surface area contributed by atoms with Crippen molar-refractivity contribution in [2.75, 3.05) is 6.73 Å². The molecule has 0 atom stereocenters. The third-order valence-electron chi connectivity index (χ3n) is 1.21. The van der Waals surface area contributed by atoms with E-state index >= 15 is 0 Å². The number of carboxylic acids is 1. The fourth-order valence-corrected chi connectivity index (χ4v) is 0.700. The van der Waals surface area contributed by atoms with Crippen molar-refractivity contribution < 1.29 is 27.8 Å². The Morgan fingerprint density at radius 1 is 1.67 bits per heavy atom. The fraction of sp³-hybridized carbons (Fsp3) is 0.400. The molecule has 0 saturated heterocycles. The van der Waals surface area contributed by atoms with Gasteiger partial charge in [-0.25, -0.2) is 9.69 Å². The molecule has 0 unspecified atom stereocenters. The van der Waals surface area contributed by atoms with Crippen LogP contribution < -0.4 is 0 Å². The van der Waals surface area contributed by atoms with E-state index in [9.17, 15) is 18.0 Å². The number of nitrogens with zero attached hydrogens (tertiary/aromatic N) is 1. The molecular weight excluding hydrogens is 179 g/mol. The Bertz CT molecular complexity index is 235. The highest BCUT2D eigenvalue weighted by atomic mass is 19.4. The molecule has 0 aromatic heterocycles. The van der Waals surface area contributed by atoms with Crippen LogP contribution in [-0.2, 0) is 9.53 Å². The van der Waals surface area contributed by atoms with E-state index in [2.05, 4.69) is 4.74 Å². The number of rotatable bonds is 1. The van der Waals surface area contributed by atoms with Crippen LogP contribution in [0.15, 0.2) is 12.0 Å². The molecule has 0 amide bonds. The SMILES string of the molecule is O=C(O)C1=COCN1C(F)(F)F. The highest BCUT2D eigenvalue weighted by Crippen LogP contribution is 2.28. The number of carboxylic acid groups (broad SMARTS) is 1. The second kappa shape index (κ2) is 2.58. The first kappa shape index (κ1) is 8.69. The van der Waals surface area contributed by atoms with Crippen LogP contribution in [0.5, 0.6) is 0 Å². The summed E-state index contributed by atoms with van der Waals surface area (Å²) in [6.45, 7) is -0.800. The Morgan fingerprint density at radius 2 is 2.25 bits per heavy atom. The smallest absolute Gasteiger partial charge is 0.478 e. The van der Waals surface area contributed by atoms with Gasteiger partial charge >= 0.3 is 12.3 Å². The molecule has 1 N–H and O–H groups in total. The molecule has 0 aromatic carbocycles. The average molecular weight is 183 g/mol. The van der Waals surface area contributed by atoms with Crippen molar-refractivity contribution in [1.29, 1.82) is 0 Å². The van der Waals surface area contributed by atoms with Gasteiger partial charge in [0.15, 0.2) is 12.4 Å². The zero-order valence-electron chi connectivity index (χ0n) is 5.63. The van der Waals surface area contributed by atoms with E-state index in [1.165, 1.54) is 0 Å². The molecule has 0 aliphatic carbocycles. The fourth-order valence-electron chi connectivity index (χ4n) is 0.700. The van der Waals surface area contributed by atoms with Gasteiger partial charge in [-0.1, -0.05) is 0 Å². The van der Waals surface area contributed by atoms with Crippen LogP contribution in [0.25, 0.3) is 0 Å². The molecule has 0 radical (unpaired) electrons. The molecule has 68 valence electrons. The number of hydrogen-bond donors (Lipinski definition) is 1. The molecule has 0 fully saturated rings. The first-order valence-electron chi connectivity index (χ1n) is 2.82. The summed E-state index contributed by atoms with van der Waals surface area (Å²) in [6.07, 6.45) is -4.14. The maximum atomic E-state index is 11.9. The molecule has 1 heterocycles. The lowest BCUT2D eigenvalue weighted by Crippen LogP contribution is -2.37. The van der Waals surface area contributed by atoms with Crippen LogP contribution in [-0.4, -0.2) is 29.0 Å². The molecule has 0 saturated carbocycles. The second-order valence-corrected chi connectivity index (χ2v) is 2.00. The topological polar surface area (TPSA) is 49.8 Å². The summed E-state index contributed by atoms with van der Waals surface area (Å²) in [5.74, 6) is -1.66. The van der Waals surface area contributed by atoms with Gasteiger partial charge < -0.3 is 9.84 Å². The Balaban J connectivity index is 2.82. The average Bonchev–Trinajstić information content (AvgIpc) is 2.30. The zero-order valence-corrected chi connectivity index (χ0v) is 5.63. The van der Waals surface area contributed by atoms with E-state index in [4.69, 9.17) is 5.11 Å². The number of carbonyl (C=O) groups is 1. The first-order chi connectivity index (χ1) is 5.43. The van der Waals surface area contributed by atoms with Gasteiger partial charge in [-0.2, -0.15) is 0 Å². The summed E-state index contributed by atoms with van der Waals surface area (Å²) in [6, 6.07) is 0. The maximum absolute atomic E-state index is 11.9. The van der Waals surface area contributed by atoms with Crippen molar-refractivity contribution in [2.24, 2.45) is 0 Å². The Kier molecular flexibility index (Phi) is 1.87. The maximum Gasteiger partial charge on any atom is 0.487 e. The van der Waals surface area contributed by atoms with Crippen LogP contribution >= 0.6 is 0 Å². The highest BCUT2D eigenvalue weighted by Gasteiger charge is 2.43. The van der Waals surface area contributed by atoms with Crippen molar-refractivity contribution >= 4 is 5.97 Å². The number of halogens is 3. The lowest BCUT2D eigenvalue weighted by atomic mass is 10.4. The predicted octanol–water partition coefficient (Wildman–Crippen LogP) is 0.722. The molecule has 7 heteroatoms. The van der Waals surface area contributed by atoms with Crippen LogP contribution in [0.3, 0.4) is 0 Å². The van der Waals surface area contributed by atoms with Crippen LogP contribution in [0.1, 0.15) is 0 Å². The normalized spacial score (nSPS) is 17.2. The van der Waals surface area contributed by atoms with Crippen molar-refractivity contribution in [2.45, 2.75) is 6.30 Å². The largest absolute Gasteiger partial charge is 0.487 e. The van der Waals surface area contributed by atoms with E-state index in [0.29, 0.717) is 6.26 Å². The third kappa shape index (κ3) is 1.44. The second-order valence-electron chi connectivity index (χ2n) is 2.00. The monoisotopic (exact) mass is 183 g/mol. The van der Waals surface area contributed by atoms with Crippen LogP contribution in [0.4, 0.5) is 13.2 Å². The molecule has 12 heavy (non-hydrogen) atoms. The Hall–Kier alpha value is -1.40. The van der Waals surface area contributed by atoms with Crippen molar-refractivity contribution in [3.63, 3.8) is 0 Å². The zero-order chi connectivity index (χ0) is 9.35. The van der Waals surface area contributed by atoms with Gasteiger partial charge in [-0.15, -0.1) is 13.2 Å². The molecule has 0 spiro atoms. The Labute approximate surface area is 64.8 Å². The standard InChI is InChI=1S/C5H4F3NO3/c6-5(7,8)9-2-12-1-3(9)4(10)11/h1H,2H2,(H,10,11).